The van der Waals surface area contributed by atoms with Crippen molar-refractivity contribution in [3.63, 3.8) is 0 Å². The average molecular weight is 242 g/mol. The second-order valence-corrected chi connectivity index (χ2v) is 4.39. The number of nitrogens with zero attached hydrogens (tertiary/aromatic N) is 2. The van der Waals surface area contributed by atoms with Crippen LogP contribution in [0.1, 0.15) is 35.8 Å². The van der Waals surface area contributed by atoms with Crippen molar-refractivity contribution in [1.29, 1.82) is 0 Å². The highest BCUT2D eigenvalue weighted by molar-refractivity contribution is 5.85. The molecule has 1 aromatic heterocycles. The van der Waals surface area contributed by atoms with Crippen LogP contribution in [-0.2, 0) is 0 Å². The maximum absolute atomic E-state index is 10.7. The molecule has 1 aromatic carbocycles. The van der Waals surface area contributed by atoms with E-state index in [-0.39, 0.29) is 5.69 Å². The number of hydrogen-bond acceptors (Lipinski definition) is 3. The molecule has 0 aliphatic heterocycles. The van der Waals surface area contributed by atoms with Crippen LogP contribution in [0, 0.1) is 0 Å². The number of benzene rings is 1. The zero-order valence-corrected chi connectivity index (χ0v) is 10.3. The fourth-order valence-electron chi connectivity index (χ4n) is 1.64. The SMILES string of the molecule is CC(C)c1ccc(-c2ccc(C(=O)O)nn2)cc1. The van der Waals surface area contributed by atoms with E-state index in [4.69, 9.17) is 5.11 Å². The van der Waals surface area contributed by atoms with Crippen molar-refractivity contribution in [3.8, 4) is 11.3 Å². The Hall–Kier alpha value is -2.23. The Labute approximate surface area is 105 Å². The first-order valence-corrected chi connectivity index (χ1v) is 5.75. The molecule has 0 saturated carbocycles. The Balaban J connectivity index is 2.28. The molecule has 0 amide bonds. The van der Waals surface area contributed by atoms with Crippen molar-refractivity contribution >= 4 is 5.97 Å². The standard InChI is InChI=1S/C14H14N2O2/c1-9(2)10-3-5-11(6-4-10)12-7-8-13(14(17)18)16-15-12/h3-9H,1-2H3,(H,17,18). The summed E-state index contributed by atoms with van der Waals surface area (Å²) in [5.41, 5.74) is 2.82. The van der Waals surface area contributed by atoms with Crippen LogP contribution in [0.2, 0.25) is 0 Å². The smallest absolute Gasteiger partial charge is 0.356 e. The van der Waals surface area contributed by atoms with E-state index in [0.717, 1.165) is 5.56 Å². The van der Waals surface area contributed by atoms with E-state index in [9.17, 15) is 4.79 Å². The highest BCUT2D eigenvalue weighted by atomic mass is 16.4. The molecule has 0 fully saturated rings. The van der Waals surface area contributed by atoms with E-state index >= 15 is 0 Å². The van der Waals surface area contributed by atoms with Crippen LogP contribution in [-0.4, -0.2) is 21.3 Å². The summed E-state index contributed by atoms with van der Waals surface area (Å²) in [6.07, 6.45) is 0. The number of carbonyl (C=O) groups is 1. The number of rotatable bonds is 3. The van der Waals surface area contributed by atoms with E-state index in [1.54, 1.807) is 6.07 Å². The zero-order valence-electron chi connectivity index (χ0n) is 10.3. The van der Waals surface area contributed by atoms with Gasteiger partial charge in [-0.3, -0.25) is 0 Å². The van der Waals surface area contributed by atoms with Gasteiger partial charge in [-0.15, -0.1) is 10.2 Å². The van der Waals surface area contributed by atoms with Crippen molar-refractivity contribution < 1.29 is 9.90 Å². The zero-order chi connectivity index (χ0) is 13.1. The van der Waals surface area contributed by atoms with Gasteiger partial charge in [0.25, 0.3) is 0 Å². The molecule has 0 aliphatic rings. The van der Waals surface area contributed by atoms with Crippen molar-refractivity contribution in [2.24, 2.45) is 0 Å². The summed E-state index contributed by atoms with van der Waals surface area (Å²) in [6, 6.07) is 11.2. The highest BCUT2D eigenvalue weighted by Crippen LogP contribution is 2.20. The Kier molecular flexibility index (Phi) is 3.37. The van der Waals surface area contributed by atoms with Gasteiger partial charge in [-0.05, 0) is 23.6 Å². The molecule has 92 valence electrons. The van der Waals surface area contributed by atoms with Crippen LogP contribution in [0.5, 0.6) is 0 Å². The predicted molar refractivity (Wildman–Crippen MR) is 68.5 cm³/mol. The molecule has 0 radical (unpaired) electrons. The van der Waals surface area contributed by atoms with Crippen LogP contribution in [0.3, 0.4) is 0 Å². The molecular weight excluding hydrogens is 228 g/mol. The second-order valence-electron chi connectivity index (χ2n) is 4.39. The van der Waals surface area contributed by atoms with E-state index in [1.807, 2.05) is 24.3 Å². The van der Waals surface area contributed by atoms with Gasteiger partial charge in [-0.25, -0.2) is 4.79 Å². The van der Waals surface area contributed by atoms with E-state index in [0.29, 0.717) is 11.6 Å². The molecule has 4 nitrogen and oxygen atoms in total. The van der Waals surface area contributed by atoms with Crippen molar-refractivity contribution in [3.05, 3.63) is 47.7 Å². The van der Waals surface area contributed by atoms with Gasteiger partial charge in [-0.2, -0.15) is 0 Å². The minimum atomic E-state index is -1.07. The highest BCUT2D eigenvalue weighted by Gasteiger charge is 2.06. The first-order chi connectivity index (χ1) is 8.58. The summed E-state index contributed by atoms with van der Waals surface area (Å²) in [6.45, 7) is 4.27. The van der Waals surface area contributed by atoms with Crippen molar-refractivity contribution in [2.45, 2.75) is 19.8 Å². The first kappa shape index (κ1) is 12.2. The number of aromatic carboxylic acids is 1. The molecule has 1 N–H and O–H groups in total. The average Bonchev–Trinajstić information content (AvgIpc) is 2.39. The molecular formula is C14H14N2O2. The summed E-state index contributed by atoms with van der Waals surface area (Å²) in [4.78, 5) is 10.7. The molecule has 4 heteroatoms. The normalized spacial score (nSPS) is 10.6. The van der Waals surface area contributed by atoms with Gasteiger partial charge < -0.3 is 5.11 Å². The monoisotopic (exact) mass is 242 g/mol. The van der Waals surface area contributed by atoms with Gasteiger partial charge in [-0.1, -0.05) is 38.1 Å². The van der Waals surface area contributed by atoms with Gasteiger partial charge in [0.15, 0.2) is 5.69 Å². The molecule has 0 unspecified atom stereocenters. The summed E-state index contributed by atoms with van der Waals surface area (Å²) in [7, 11) is 0. The lowest BCUT2D eigenvalue weighted by atomic mass is 10.0. The van der Waals surface area contributed by atoms with Crippen LogP contribution in [0.25, 0.3) is 11.3 Å². The largest absolute Gasteiger partial charge is 0.476 e. The maximum Gasteiger partial charge on any atom is 0.356 e. The lowest BCUT2D eigenvalue weighted by molar-refractivity contribution is 0.0689. The number of aromatic nitrogens is 2. The number of carboxylic acids is 1. The van der Waals surface area contributed by atoms with Gasteiger partial charge >= 0.3 is 5.97 Å². The third-order valence-electron chi connectivity index (χ3n) is 2.76. The van der Waals surface area contributed by atoms with Crippen LogP contribution in [0.15, 0.2) is 36.4 Å². The Bertz CT molecular complexity index is 545. The lowest BCUT2D eigenvalue weighted by Gasteiger charge is -2.06. The van der Waals surface area contributed by atoms with Crippen LogP contribution < -0.4 is 0 Å². The number of hydrogen-bond donors (Lipinski definition) is 1. The quantitative estimate of drug-likeness (QED) is 0.898. The van der Waals surface area contributed by atoms with Gasteiger partial charge in [0, 0.05) is 5.56 Å². The molecule has 0 aliphatic carbocycles. The minimum absolute atomic E-state index is 0.0439. The second kappa shape index (κ2) is 4.96. The van der Waals surface area contributed by atoms with Gasteiger partial charge in [0.1, 0.15) is 0 Å². The van der Waals surface area contributed by atoms with E-state index in [2.05, 4.69) is 24.0 Å². The molecule has 0 saturated heterocycles. The third kappa shape index (κ3) is 2.53. The fourth-order valence-corrected chi connectivity index (χ4v) is 1.64. The fraction of sp³-hybridized carbons (Fsp3) is 0.214. The van der Waals surface area contributed by atoms with Crippen LogP contribution in [0.4, 0.5) is 0 Å². The molecule has 2 rings (SSSR count). The molecule has 1 heterocycles. The summed E-state index contributed by atoms with van der Waals surface area (Å²) >= 11 is 0. The maximum atomic E-state index is 10.7. The van der Waals surface area contributed by atoms with Crippen LogP contribution >= 0.6 is 0 Å². The molecule has 18 heavy (non-hydrogen) atoms. The summed E-state index contributed by atoms with van der Waals surface area (Å²) < 4.78 is 0. The first-order valence-electron chi connectivity index (χ1n) is 5.75. The van der Waals surface area contributed by atoms with Crippen molar-refractivity contribution in [2.75, 3.05) is 0 Å². The van der Waals surface area contributed by atoms with Gasteiger partial charge in [0.2, 0.25) is 0 Å². The van der Waals surface area contributed by atoms with Gasteiger partial charge in [0.05, 0.1) is 5.69 Å². The predicted octanol–water partition coefficient (Wildman–Crippen LogP) is 2.97. The molecule has 0 atom stereocenters. The lowest BCUT2D eigenvalue weighted by Crippen LogP contribution is -2.02. The molecule has 0 bridgehead atoms. The Morgan fingerprint density at radius 2 is 1.72 bits per heavy atom. The third-order valence-corrected chi connectivity index (χ3v) is 2.76. The van der Waals surface area contributed by atoms with E-state index in [1.165, 1.54) is 11.6 Å². The molecule has 2 aromatic rings. The Morgan fingerprint density at radius 3 is 2.17 bits per heavy atom. The number of carboxylic acid groups (broad SMARTS) is 1. The molecule has 0 spiro atoms. The van der Waals surface area contributed by atoms with E-state index < -0.39 is 5.97 Å². The summed E-state index contributed by atoms with van der Waals surface area (Å²) in [5, 5.41) is 16.3. The summed E-state index contributed by atoms with van der Waals surface area (Å²) in [5.74, 6) is -0.580. The Morgan fingerprint density at radius 1 is 1.06 bits per heavy atom. The minimum Gasteiger partial charge on any atom is -0.476 e. The van der Waals surface area contributed by atoms with Crippen molar-refractivity contribution in [1.82, 2.24) is 10.2 Å². The topological polar surface area (TPSA) is 63.1 Å².